The van der Waals surface area contributed by atoms with E-state index in [1.165, 1.54) is 11.1 Å². The molecule has 0 spiro atoms. The third-order valence-corrected chi connectivity index (χ3v) is 2.52. The Hall–Kier alpha value is -0.820. The smallest absolute Gasteiger partial charge is 0.0292 e. The Morgan fingerprint density at radius 2 is 1.67 bits per heavy atom. The quantitative estimate of drug-likeness (QED) is 0.793. The van der Waals surface area contributed by atoms with Crippen LogP contribution >= 0.6 is 0 Å². The molecule has 0 unspecified atom stereocenters. The summed E-state index contributed by atoms with van der Waals surface area (Å²) in [7, 11) is 0. The van der Waals surface area contributed by atoms with Crippen LogP contribution in [0.1, 0.15) is 44.9 Å². The van der Waals surface area contributed by atoms with Gasteiger partial charge >= 0.3 is 0 Å². The van der Waals surface area contributed by atoms with E-state index >= 15 is 0 Å². The summed E-state index contributed by atoms with van der Waals surface area (Å²) in [6.45, 7) is 12.1. The second kappa shape index (κ2) is 4.80. The summed E-state index contributed by atoms with van der Waals surface area (Å²) in [6, 6.07) is 9.19. The van der Waals surface area contributed by atoms with E-state index in [9.17, 15) is 0 Å². The second-order valence-electron chi connectivity index (χ2n) is 5.57. The molecular weight excluding hydrogens is 182 g/mol. The highest BCUT2D eigenvalue weighted by atomic mass is 14.9. The van der Waals surface area contributed by atoms with E-state index in [1.807, 2.05) is 0 Å². The molecule has 0 aliphatic carbocycles. The van der Waals surface area contributed by atoms with Crippen LogP contribution < -0.4 is 5.32 Å². The molecule has 15 heavy (non-hydrogen) atoms. The van der Waals surface area contributed by atoms with Gasteiger partial charge in [0.2, 0.25) is 0 Å². The van der Waals surface area contributed by atoms with Crippen LogP contribution in [0.5, 0.6) is 0 Å². The zero-order valence-corrected chi connectivity index (χ0v) is 10.6. The summed E-state index contributed by atoms with van der Waals surface area (Å²) >= 11 is 0. The minimum Gasteiger partial charge on any atom is -0.310 e. The van der Waals surface area contributed by atoms with E-state index in [0.29, 0.717) is 11.5 Å². The van der Waals surface area contributed by atoms with Gasteiger partial charge < -0.3 is 5.32 Å². The summed E-state index contributed by atoms with van der Waals surface area (Å²) in [4.78, 5) is 0. The summed E-state index contributed by atoms with van der Waals surface area (Å²) in [5, 5.41) is 3.56. The van der Waals surface area contributed by atoms with Gasteiger partial charge in [0.1, 0.15) is 0 Å². The van der Waals surface area contributed by atoms with Gasteiger partial charge in [0.15, 0.2) is 0 Å². The van der Waals surface area contributed by atoms with Crippen molar-refractivity contribution < 1.29 is 0 Å². The first kappa shape index (κ1) is 12.3. The predicted molar refractivity (Wildman–Crippen MR) is 67.1 cm³/mol. The van der Waals surface area contributed by atoms with Crippen molar-refractivity contribution in [2.45, 2.75) is 40.7 Å². The molecule has 0 amide bonds. The third kappa shape index (κ3) is 4.48. The van der Waals surface area contributed by atoms with Crippen LogP contribution in [0.2, 0.25) is 0 Å². The molecular formula is C14H23N. The van der Waals surface area contributed by atoms with E-state index in [-0.39, 0.29) is 0 Å². The van der Waals surface area contributed by atoms with E-state index in [0.717, 1.165) is 6.54 Å². The Kier molecular flexibility index (Phi) is 3.92. The molecule has 0 heterocycles. The lowest BCUT2D eigenvalue weighted by Crippen LogP contribution is -2.29. The summed E-state index contributed by atoms with van der Waals surface area (Å²) in [5.74, 6) is 0. The van der Waals surface area contributed by atoms with Gasteiger partial charge in [-0.15, -0.1) is 0 Å². The topological polar surface area (TPSA) is 12.0 Å². The Balaban J connectivity index is 2.54. The first-order valence-electron chi connectivity index (χ1n) is 5.68. The van der Waals surface area contributed by atoms with Crippen molar-refractivity contribution in [3.05, 3.63) is 35.4 Å². The predicted octanol–water partition coefficient (Wildman–Crippen LogP) is 3.69. The van der Waals surface area contributed by atoms with Gasteiger partial charge in [-0.2, -0.15) is 0 Å². The van der Waals surface area contributed by atoms with Crippen LogP contribution in [0.4, 0.5) is 0 Å². The van der Waals surface area contributed by atoms with Crippen molar-refractivity contribution in [1.82, 2.24) is 5.32 Å². The maximum Gasteiger partial charge on any atom is 0.0292 e. The van der Waals surface area contributed by atoms with Gasteiger partial charge in [-0.3, -0.25) is 0 Å². The monoisotopic (exact) mass is 205 g/mol. The lowest BCUT2D eigenvalue weighted by atomic mass is 9.96. The molecule has 0 fully saturated rings. The molecule has 0 saturated heterocycles. The first-order chi connectivity index (χ1) is 6.88. The van der Waals surface area contributed by atoms with Gasteiger partial charge in [0.05, 0.1) is 0 Å². The number of aryl methyl sites for hydroxylation is 1. The van der Waals surface area contributed by atoms with Crippen LogP contribution in [0.15, 0.2) is 24.3 Å². The molecule has 1 aromatic carbocycles. The van der Waals surface area contributed by atoms with Gasteiger partial charge in [-0.1, -0.05) is 50.6 Å². The first-order valence-corrected chi connectivity index (χ1v) is 5.68. The highest BCUT2D eigenvalue weighted by Gasteiger charge is 2.12. The number of nitrogens with one attached hydrogen (secondary N) is 1. The standard InChI is InChI=1S/C14H23N/c1-11-6-8-13(9-7-11)12(2)15-10-14(3,4)5/h6-9,12,15H,10H2,1-5H3/t12-/m1/s1. The van der Waals surface area contributed by atoms with Gasteiger partial charge in [-0.25, -0.2) is 0 Å². The van der Waals surface area contributed by atoms with Crippen molar-refractivity contribution in [3.63, 3.8) is 0 Å². The minimum atomic E-state index is 0.346. The van der Waals surface area contributed by atoms with Crippen LogP contribution in [-0.4, -0.2) is 6.54 Å². The van der Waals surface area contributed by atoms with E-state index in [4.69, 9.17) is 0 Å². The zero-order valence-electron chi connectivity index (χ0n) is 10.6. The summed E-state index contributed by atoms with van der Waals surface area (Å²) in [6.07, 6.45) is 0. The van der Waals surface area contributed by atoms with E-state index in [2.05, 4.69) is 64.2 Å². The van der Waals surface area contributed by atoms with Crippen molar-refractivity contribution in [2.24, 2.45) is 5.41 Å². The van der Waals surface area contributed by atoms with Crippen LogP contribution in [0.25, 0.3) is 0 Å². The normalized spacial score (nSPS) is 13.9. The molecule has 1 rings (SSSR count). The lowest BCUT2D eigenvalue weighted by Gasteiger charge is -2.23. The van der Waals surface area contributed by atoms with Crippen molar-refractivity contribution >= 4 is 0 Å². The molecule has 0 radical (unpaired) electrons. The SMILES string of the molecule is Cc1ccc([C@@H](C)NCC(C)(C)C)cc1. The highest BCUT2D eigenvalue weighted by molar-refractivity contribution is 5.23. The average molecular weight is 205 g/mol. The molecule has 0 aliphatic heterocycles. The fourth-order valence-electron chi connectivity index (χ4n) is 1.43. The van der Waals surface area contributed by atoms with Crippen LogP contribution in [0.3, 0.4) is 0 Å². The number of hydrogen-bond acceptors (Lipinski definition) is 1. The third-order valence-electron chi connectivity index (χ3n) is 2.52. The van der Waals surface area contributed by atoms with Crippen molar-refractivity contribution in [1.29, 1.82) is 0 Å². The molecule has 0 saturated carbocycles. The van der Waals surface area contributed by atoms with E-state index in [1.54, 1.807) is 0 Å². The fraction of sp³-hybridized carbons (Fsp3) is 0.571. The molecule has 0 aromatic heterocycles. The van der Waals surface area contributed by atoms with Crippen LogP contribution in [0, 0.1) is 12.3 Å². The maximum atomic E-state index is 3.56. The number of hydrogen-bond donors (Lipinski definition) is 1. The highest BCUT2D eigenvalue weighted by Crippen LogP contribution is 2.16. The minimum absolute atomic E-state index is 0.346. The average Bonchev–Trinajstić information content (AvgIpc) is 2.14. The fourth-order valence-corrected chi connectivity index (χ4v) is 1.43. The Labute approximate surface area is 93.9 Å². The molecule has 84 valence electrons. The summed E-state index contributed by atoms with van der Waals surface area (Å²) < 4.78 is 0. The molecule has 0 aliphatic rings. The summed E-state index contributed by atoms with van der Waals surface area (Å²) in [5.41, 5.74) is 3.03. The zero-order chi connectivity index (χ0) is 11.5. The van der Waals surface area contributed by atoms with Crippen molar-refractivity contribution in [3.8, 4) is 0 Å². The molecule has 1 heteroatoms. The van der Waals surface area contributed by atoms with Crippen LogP contribution in [-0.2, 0) is 0 Å². The Morgan fingerprint density at radius 3 is 2.13 bits per heavy atom. The van der Waals surface area contributed by atoms with Gasteiger partial charge in [0, 0.05) is 12.6 Å². The lowest BCUT2D eigenvalue weighted by molar-refractivity contribution is 0.359. The van der Waals surface area contributed by atoms with Gasteiger partial charge in [0.25, 0.3) is 0 Å². The Bertz CT molecular complexity index is 292. The second-order valence-corrected chi connectivity index (χ2v) is 5.57. The molecule has 1 nitrogen and oxygen atoms in total. The maximum absolute atomic E-state index is 3.56. The molecule has 1 N–H and O–H groups in total. The van der Waals surface area contributed by atoms with Crippen molar-refractivity contribution in [2.75, 3.05) is 6.54 Å². The molecule has 1 atom stereocenters. The van der Waals surface area contributed by atoms with Gasteiger partial charge in [-0.05, 0) is 24.8 Å². The number of benzene rings is 1. The van der Waals surface area contributed by atoms with E-state index < -0.39 is 0 Å². The largest absolute Gasteiger partial charge is 0.310 e. The molecule has 0 bridgehead atoms. The number of rotatable bonds is 3. The molecule has 1 aromatic rings. The Morgan fingerprint density at radius 1 is 1.13 bits per heavy atom.